The maximum Gasteiger partial charge on any atom is 0.260 e. The summed E-state index contributed by atoms with van der Waals surface area (Å²) in [5.41, 5.74) is 0.481. The van der Waals surface area contributed by atoms with Crippen LogP contribution in [0.25, 0.3) is 0 Å². The molecule has 7 nitrogen and oxygen atoms in total. The van der Waals surface area contributed by atoms with Crippen molar-refractivity contribution in [3.8, 4) is 5.75 Å². The minimum Gasteiger partial charge on any atom is -0.496 e. The number of piperidine rings is 1. The number of nitrogens with zero attached hydrogens (tertiary/aromatic N) is 3. The molecule has 158 valence electrons. The van der Waals surface area contributed by atoms with Crippen molar-refractivity contribution in [2.75, 3.05) is 25.5 Å². The highest BCUT2D eigenvalue weighted by molar-refractivity contribution is 6.05. The molecule has 1 unspecified atom stereocenters. The number of carbonyl (C=O) groups excluding carboxylic acids is 2. The second-order valence-corrected chi connectivity index (χ2v) is 7.85. The third-order valence-electron chi connectivity index (χ3n) is 6.00. The summed E-state index contributed by atoms with van der Waals surface area (Å²) in [4.78, 5) is 27.5. The summed E-state index contributed by atoms with van der Waals surface area (Å²) in [6.45, 7) is 1.45. The fraction of sp³-hybridized carbons (Fsp3) is 0.435. The van der Waals surface area contributed by atoms with E-state index >= 15 is 0 Å². The molecule has 1 aromatic heterocycles. The molecular formula is C23H28N4O3. The number of hydrogen-bond acceptors (Lipinski definition) is 4. The van der Waals surface area contributed by atoms with Crippen LogP contribution in [0.1, 0.15) is 48.5 Å². The van der Waals surface area contributed by atoms with Crippen LogP contribution in [0, 0.1) is 5.92 Å². The van der Waals surface area contributed by atoms with Crippen molar-refractivity contribution < 1.29 is 14.3 Å². The van der Waals surface area contributed by atoms with E-state index in [1.807, 2.05) is 21.7 Å². The average molecular weight is 409 g/mol. The molecule has 0 bridgehead atoms. The molecule has 2 aromatic rings. The van der Waals surface area contributed by atoms with Crippen molar-refractivity contribution in [1.82, 2.24) is 14.7 Å². The first-order valence-corrected chi connectivity index (χ1v) is 10.6. The molecule has 1 aromatic carbocycles. The molecular weight excluding hydrogens is 380 g/mol. The van der Waals surface area contributed by atoms with E-state index in [9.17, 15) is 9.59 Å². The Bertz CT molecular complexity index is 928. The second-order valence-electron chi connectivity index (χ2n) is 7.85. The molecule has 1 saturated heterocycles. The monoisotopic (exact) mass is 408 g/mol. The van der Waals surface area contributed by atoms with Gasteiger partial charge in [-0.25, -0.2) is 4.68 Å². The predicted molar refractivity (Wildman–Crippen MR) is 115 cm³/mol. The van der Waals surface area contributed by atoms with Gasteiger partial charge in [0.2, 0.25) is 5.91 Å². The number of benzene rings is 1. The first-order valence-electron chi connectivity index (χ1n) is 10.6. The number of methoxy groups -OCH3 is 1. The Morgan fingerprint density at radius 3 is 2.63 bits per heavy atom. The van der Waals surface area contributed by atoms with Crippen molar-refractivity contribution in [2.45, 2.75) is 38.1 Å². The van der Waals surface area contributed by atoms with E-state index in [1.54, 1.807) is 31.5 Å². The van der Waals surface area contributed by atoms with E-state index in [0.717, 1.165) is 45.2 Å². The molecule has 4 rings (SSSR count). The van der Waals surface area contributed by atoms with Crippen LogP contribution in [0.3, 0.4) is 0 Å². The highest BCUT2D eigenvalue weighted by Crippen LogP contribution is 2.29. The van der Waals surface area contributed by atoms with E-state index in [1.165, 1.54) is 0 Å². The Balaban J connectivity index is 1.39. The SMILES string of the molecule is COc1ccccc1C(=O)Nc1ccnn1C1CCN(C(=O)C2CC=CCC2)CC1. The largest absolute Gasteiger partial charge is 0.496 e. The topological polar surface area (TPSA) is 76.5 Å². The van der Waals surface area contributed by atoms with Crippen molar-refractivity contribution >= 4 is 17.6 Å². The van der Waals surface area contributed by atoms with Crippen LogP contribution in [0.4, 0.5) is 5.82 Å². The van der Waals surface area contributed by atoms with Crippen molar-refractivity contribution in [3.05, 3.63) is 54.2 Å². The van der Waals surface area contributed by atoms with Crippen LogP contribution in [0.15, 0.2) is 48.7 Å². The molecule has 1 N–H and O–H groups in total. The fourth-order valence-corrected chi connectivity index (χ4v) is 4.33. The van der Waals surface area contributed by atoms with Gasteiger partial charge in [-0.15, -0.1) is 0 Å². The van der Waals surface area contributed by atoms with Gasteiger partial charge in [0.15, 0.2) is 0 Å². The minimum absolute atomic E-state index is 0.131. The van der Waals surface area contributed by atoms with Gasteiger partial charge in [-0.3, -0.25) is 9.59 Å². The highest BCUT2D eigenvalue weighted by atomic mass is 16.5. The van der Waals surface area contributed by atoms with Gasteiger partial charge in [-0.05, 0) is 44.2 Å². The van der Waals surface area contributed by atoms with Crippen molar-refractivity contribution in [3.63, 3.8) is 0 Å². The van der Waals surface area contributed by atoms with Crippen molar-refractivity contribution in [1.29, 1.82) is 0 Å². The van der Waals surface area contributed by atoms with Crippen LogP contribution in [-0.2, 0) is 4.79 Å². The van der Waals surface area contributed by atoms with Gasteiger partial charge in [0.1, 0.15) is 11.6 Å². The van der Waals surface area contributed by atoms with Gasteiger partial charge in [0.25, 0.3) is 5.91 Å². The first kappa shape index (κ1) is 20.2. The number of aromatic nitrogens is 2. The molecule has 1 aliphatic carbocycles. The summed E-state index contributed by atoms with van der Waals surface area (Å²) in [7, 11) is 1.55. The minimum atomic E-state index is -0.229. The summed E-state index contributed by atoms with van der Waals surface area (Å²) in [6.07, 6.45) is 10.4. The third kappa shape index (κ3) is 4.25. The van der Waals surface area contributed by atoms with Gasteiger partial charge in [-0.2, -0.15) is 5.10 Å². The molecule has 2 aliphatic rings. The number of nitrogens with one attached hydrogen (secondary N) is 1. The number of rotatable bonds is 5. The maximum atomic E-state index is 12.8. The lowest BCUT2D eigenvalue weighted by molar-refractivity contribution is -0.137. The molecule has 2 amide bonds. The Morgan fingerprint density at radius 1 is 1.10 bits per heavy atom. The summed E-state index contributed by atoms with van der Waals surface area (Å²) in [5, 5.41) is 7.40. The number of ether oxygens (including phenoxy) is 1. The van der Waals surface area contributed by atoms with Gasteiger partial charge < -0.3 is 15.0 Å². The summed E-state index contributed by atoms with van der Waals surface area (Å²) in [5.74, 6) is 1.38. The molecule has 0 spiro atoms. The number of hydrogen-bond donors (Lipinski definition) is 1. The van der Waals surface area contributed by atoms with Gasteiger partial charge in [0, 0.05) is 25.1 Å². The number of amides is 2. The maximum absolute atomic E-state index is 12.8. The molecule has 7 heteroatoms. The van der Waals surface area contributed by atoms with Crippen LogP contribution in [-0.4, -0.2) is 46.7 Å². The number of carbonyl (C=O) groups is 2. The Labute approximate surface area is 176 Å². The zero-order chi connectivity index (χ0) is 20.9. The molecule has 1 atom stereocenters. The van der Waals surface area contributed by atoms with E-state index in [0.29, 0.717) is 17.1 Å². The van der Waals surface area contributed by atoms with Gasteiger partial charge >= 0.3 is 0 Å². The standard InChI is InChI=1S/C23H28N4O3/c1-30-20-10-6-5-9-19(20)22(28)25-21-11-14-24-27(21)18-12-15-26(16-13-18)23(29)17-7-3-2-4-8-17/h2-3,5-6,9-11,14,17-18H,4,7-8,12-13,15-16H2,1H3,(H,25,28). The molecule has 0 saturated carbocycles. The number of allylic oxidation sites excluding steroid dienone is 2. The Kier molecular flexibility index (Phi) is 6.16. The van der Waals surface area contributed by atoms with Gasteiger partial charge in [0.05, 0.1) is 24.9 Å². The quantitative estimate of drug-likeness (QED) is 0.766. The fourth-order valence-electron chi connectivity index (χ4n) is 4.33. The molecule has 30 heavy (non-hydrogen) atoms. The Hall–Kier alpha value is -3.09. The third-order valence-corrected chi connectivity index (χ3v) is 6.00. The average Bonchev–Trinajstić information content (AvgIpc) is 3.27. The normalized spacial score (nSPS) is 19.5. The van der Waals surface area contributed by atoms with E-state index < -0.39 is 0 Å². The molecule has 1 fully saturated rings. The van der Waals surface area contributed by atoms with E-state index in [4.69, 9.17) is 4.74 Å². The van der Waals surface area contributed by atoms with Crippen LogP contribution in [0.5, 0.6) is 5.75 Å². The van der Waals surface area contributed by atoms with E-state index in [2.05, 4.69) is 22.6 Å². The number of likely N-dealkylation sites (tertiary alicyclic amines) is 1. The molecule has 1 aliphatic heterocycles. The second kappa shape index (κ2) is 9.15. The Morgan fingerprint density at radius 2 is 1.90 bits per heavy atom. The van der Waals surface area contributed by atoms with Crippen LogP contribution >= 0.6 is 0 Å². The number of anilines is 1. The lowest BCUT2D eigenvalue weighted by atomic mass is 9.92. The summed E-state index contributed by atoms with van der Waals surface area (Å²) >= 11 is 0. The van der Waals surface area contributed by atoms with Crippen molar-refractivity contribution in [2.24, 2.45) is 5.92 Å². The van der Waals surface area contributed by atoms with Crippen LogP contribution < -0.4 is 10.1 Å². The zero-order valence-electron chi connectivity index (χ0n) is 17.3. The number of para-hydroxylation sites is 1. The van der Waals surface area contributed by atoms with E-state index in [-0.39, 0.29) is 23.8 Å². The zero-order valence-corrected chi connectivity index (χ0v) is 17.3. The summed E-state index contributed by atoms with van der Waals surface area (Å²) in [6, 6.07) is 9.10. The lowest BCUT2D eigenvalue weighted by Gasteiger charge is -2.35. The van der Waals surface area contributed by atoms with Gasteiger partial charge in [-0.1, -0.05) is 24.3 Å². The van der Waals surface area contributed by atoms with Crippen LogP contribution in [0.2, 0.25) is 0 Å². The molecule has 0 radical (unpaired) electrons. The molecule has 2 heterocycles. The predicted octanol–water partition coefficient (Wildman–Crippen LogP) is 3.66. The smallest absolute Gasteiger partial charge is 0.260 e. The highest BCUT2D eigenvalue weighted by Gasteiger charge is 2.29. The first-order chi connectivity index (χ1) is 14.7. The summed E-state index contributed by atoms with van der Waals surface area (Å²) < 4.78 is 7.16. The lowest BCUT2D eigenvalue weighted by Crippen LogP contribution is -2.42.